The third-order valence-corrected chi connectivity index (χ3v) is 3.54. The van der Waals surface area contributed by atoms with Crippen molar-refractivity contribution in [2.75, 3.05) is 18.1 Å². The molecule has 2 unspecified atom stereocenters. The van der Waals surface area contributed by atoms with Crippen LogP contribution in [0.1, 0.15) is 13.3 Å². The molecule has 0 radical (unpaired) electrons. The van der Waals surface area contributed by atoms with Gasteiger partial charge in [-0.05, 0) is 31.5 Å². The lowest BCUT2D eigenvalue weighted by Gasteiger charge is -2.37. The molecule has 1 saturated heterocycles. The third-order valence-electron chi connectivity index (χ3n) is 3.04. The Morgan fingerprint density at radius 3 is 3.00 bits per heavy atom. The molecule has 0 aromatic heterocycles. The van der Waals surface area contributed by atoms with Crippen molar-refractivity contribution in [3.05, 3.63) is 28.7 Å². The second-order valence-corrected chi connectivity index (χ2v) is 5.48. The van der Waals surface area contributed by atoms with Gasteiger partial charge in [-0.1, -0.05) is 22.0 Å². The first kappa shape index (κ1) is 13.5. The number of halogens is 1. The van der Waals surface area contributed by atoms with Crippen LogP contribution in [0.5, 0.6) is 0 Å². The second kappa shape index (κ2) is 5.82. The third kappa shape index (κ3) is 2.91. The first-order valence-electron chi connectivity index (χ1n) is 6.05. The number of hydrogen-bond donors (Lipinski definition) is 2. The summed E-state index contributed by atoms with van der Waals surface area (Å²) in [4.78, 5) is 14.1. The van der Waals surface area contributed by atoms with Crippen molar-refractivity contribution in [1.82, 2.24) is 5.32 Å². The van der Waals surface area contributed by atoms with Crippen LogP contribution < -0.4 is 10.2 Å². The fourth-order valence-corrected chi connectivity index (χ4v) is 2.62. The van der Waals surface area contributed by atoms with Gasteiger partial charge >= 0.3 is 0 Å². The summed E-state index contributed by atoms with van der Waals surface area (Å²) in [6, 6.07) is 7.64. The summed E-state index contributed by atoms with van der Waals surface area (Å²) in [7, 11) is 0. The van der Waals surface area contributed by atoms with Crippen molar-refractivity contribution in [3.8, 4) is 0 Å². The minimum atomic E-state index is -0.294. The molecule has 98 valence electrons. The van der Waals surface area contributed by atoms with E-state index in [-0.39, 0.29) is 24.6 Å². The summed E-state index contributed by atoms with van der Waals surface area (Å²) in [5.41, 5.74) is 0.894. The summed E-state index contributed by atoms with van der Waals surface area (Å²) >= 11 is 3.42. The molecule has 0 spiro atoms. The van der Waals surface area contributed by atoms with E-state index in [9.17, 15) is 4.79 Å². The van der Waals surface area contributed by atoms with Crippen LogP contribution in [0.4, 0.5) is 5.69 Å². The van der Waals surface area contributed by atoms with Crippen molar-refractivity contribution in [3.63, 3.8) is 0 Å². The highest BCUT2D eigenvalue weighted by atomic mass is 79.9. The second-order valence-electron chi connectivity index (χ2n) is 4.56. The average Bonchev–Trinajstić information content (AvgIpc) is 2.33. The SMILES string of the molecule is CC1CN(c2cccc(Br)c2)C(=O)C(CCO)N1. The lowest BCUT2D eigenvalue weighted by Crippen LogP contribution is -2.59. The summed E-state index contributed by atoms with van der Waals surface area (Å²) < 4.78 is 0.956. The fourth-order valence-electron chi connectivity index (χ4n) is 2.23. The van der Waals surface area contributed by atoms with E-state index in [1.54, 1.807) is 4.90 Å². The Morgan fingerprint density at radius 2 is 2.33 bits per heavy atom. The molecule has 5 heteroatoms. The van der Waals surface area contributed by atoms with E-state index in [1.807, 2.05) is 31.2 Å². The lowest BCUT2D eigenvalue weighted by molar-refractivity contribution is -0.122. The van der Waals surface area contributed by atoms with Crippen LogP contribution in [-0.2, 0) is 4.79 Å². The normalized spacial score (nSPS) is 24.4. The molecule has 2 atom stereocenters. The molecule has 2 rings (SSSR count). The van der Waals surface area contributed by atoms with Crippen LogP contribution in [-0.4, -0.2) is 36.2 Å². The Bertz CT molecular complexity index is 439. The van der Waals surface area contributed by atoms with Crippen LogP contribution in [0.3, 0.4) is 0 Å². The van der Waals surface area contributed by atoms with Gasteiger partial charge in [-0.25, -0.2) is 0 Å². The van der Waals surface area contributed by atoms with Gasteiger partial charge in [-0.2, -0.15) is 0 Å². The standard InChI is InChI=1S/C13H17BrN2O2/c1-9-8-16(11-4-2-3-10(14)7-11)13(18)12(15-9)5-6-17/h2-4,7,9,12,15,17H,5-6,8H2,1H3. The Balaban J connectivity index is 2.23. The number of carbonyl (C=O) groups excluding carboxylic acids is 1. The van der Waals surface area contributed by atoms with Crippen molar-refractivity contribution >= 4 is 27.5 Å². The largest absolute Gasteiger partial charge is 0.396 e. The van der Waals surface area contributed by atoms with Gasteiger partial charge < -0.3 is 15.3 Å². The maximum absolute atomic E-state index is 12.3. The highest BCUT2D eigenvalue weighted by molar-refractivity contribution is 9.10. The first-order chi connectivity index (χ1) is 8.61. The molecule has 18 heavy (non-hydrogen) atoms. The molecule has 4 nitrogen and oxygen atoms in total. The number of nitrogens with zero attached hydrogens (tertiary/aromatic N) is 1. The highest BCUT2D eigenvalue weighted by Gasteiger charge is 2.32. The highest BCUT2D eigenvalue weighted by Crippen LogP contribution is 2.23. The van der Waals surface area contributed by atoms with Crippen LogP contribution in [0, 0.1) is 0 Å². The number of aliphatic hydroxyl groups excluding tert-OH is 1. The zero-order valence-corrected chi connectivity index (χ0v) is 11.9. The zero-order valence-electron chi connectivity index (χ0n) is 10.3. The van der Waals surface area contributed by atoms with Crippen LogP contribution in [0.2, 0.25) is 0 Å². The molecule has 1 aliphatic heterocycles. The van der Waals surface area contributed by atoms with Gasteiger partial charge in [-0.15, -0.1) is 0 Å². The minimum Gasteiger partial charge on any atom is -0.396 e. The van der Waals surface area contributed by atoms with Gasteiger partial charge in [-0.3, -0.25) is 4.79 Å². The molecule has 1 heterocycles. The van der Waals surface area contributed by atoms with Gasteiger partial charge in [0, 0.05) is 29.4 Å². The molecule has 0 aliphatic carbocycles. The number of carbonyl (C=O) groups is 1. The number of anilines is 1. The Hall–Kier alpha value is -0.910. The molecule has 0 saturated carbocycles. The van der Waals surface area contributed by atoms with Gasteiger partial charge in [0.25, 0.3) is 0 Å². The predicted molar refractivity (Wildman–Crippen MR) is 74.6 cm³/mol. The smallest absolute Gasteiger partial charge is 0.244 e. The van der Waals surface area contributed by atoms with Gasteiger partial charge in [0.1, 0.15) is 0 Å². The van der Waals surface area contributed by atoms with E-state index in [2.05, 4.69) is 21.2 Å². The Morgan fingerprint density at radius 1 is 1.56 bits per heavy atom. The molecule has 1 amide bonds. The number of nitrogens with one attached hydrogen (secondary N) is 1. The predicted octanol–water partition coefficient (Wildman–Crippen LogP) is 1.52. The number of aliphatic hydroxyl groups is 1. The van der Waals surface area contributed by atoms with Crippen molar-refractivity contribution < 1.29 is 9.90 Å². The van der Waals surface area contributed by atoms with Crippen LogP contribution in [0.25, 0.3) is 0 Å². The average molecular weight is 313 g/mol. The van der Waals surface area contributed by atoms with Gasteiger partial charge in [0.15, 0.2) is 0 Å². The van der Waals surface area contributed by atoms with Crippen molar-refractivity contribution in [2.45, 2.75) is 25.4 Å². The maximum Gasteiger partial charge on any atom is 0.244 e. The van der Waals surface area contributed by atoms with E-state index < -0.39 is 0 Å². The molecule has 1 fully saturated rings. The number of amides is 1. The number of hydrogen-bond acceptors (Lipinski definition) is 3. The fraction of sp³-hybridized carbons (Fsp3) is 0.462. The molecular formula is C13H17BrN2O2. The summed E-state index contributed by atoms with van der Waals surface area (Å²) in [5.74, 6) is 0.0280. The summed E-state index contributed by atoms with van der Waals surface area (Å²) in [6.45, 7) is 2.71. The molecule has 1 aromatic carbocycles. The van der Waals surface area contributed by atoms with Gasteiger partial charge in [0.05, 0.1) is 6.04 Å². The maximum atomic E-state index is 12.3. The van der Waals surface area contributed by atoms with Gasteiger partial charge in [0.2, 0.25) is 5.91 Å². The molecule has 1 aliphatic rings. The van der Waals surface area contributed by atoms with Crippen LogP contribution >= 0.6 is 15.9 Å². The van der Waals surface area contributed by atoms with E-state index in [1.165, 1.54) is 0 Å². The zero-order chi connectivity index (χ0) is 13.1. The Labute approximate surface area is 115 Å². The lowest BCUT2D eigenvalue weighted by atomic mass is 10.1. The van der Waals surface area contributed by atoms with E-state index in [4.69, 9.17) is 5.11 Å². The molecule has 1 aromatic rings. The quantitative estimate of drug-likeness (QED) is 0.890. The number of benzene rings is 1. The van der Waals surface area contributed by atoms with E-state index in [0.717, 1.165) is 10.2 Å². The molecular weight excluding hydrogens is 296 g/mol. The minimum absolute atomic E-state index is 0.0163. The monoisotopic (exact) mass is 312 g/mol. The number of rotatable bonds is 3. The summed E-state index contributed by atoms with van der Waals surface area (Å²) in [6.07, 6.45) is 0.452. The topological polar surface area (TPSA) is 52.6 Å². The van der Waals surface area contributed by atoms with E-state index in [0.29, 0.717) is 13.0 Å². The van der Waals surface area contributed by atoms with Crippen molar-refractivity contribution in [2.24, 2.45) is 0 Å². The molecule has 2 N–H and O–H groups in total. The summed E-state index contributed by atoms with van der Waals surface area (Å²) in [5, 5.41) is 12.2. The number of piperazine rings is 1. The molecule has 0 bridgehead atoms. The van der Waals surface area contributed by atoms with Crippen molar-refractivity contribution in [1.29, 1.82) is 0 Å². The van der Waals surface area contributed by atoms with E-state index >= 15 is 0 Å². The Kier molecular flexibility index (Phi) is 4.37. The van der Waals surface area contributed by atoms with Crippen LogP contribution in [0.15, 0.2) is 28.7 Å². The first-order valence-corrected chi connectivity index (χ1v) is 6.85.